The molecule has 1 unspecified atom stereocenters. The molecule has 2 amide bonds. The fourth-order valence-electron chi connectivity index (χ4n) is 1.52. The summed E-state index contributed by atoms with van der Waals surface area (Å²) in [4.78, 5) is 23.0. The number of carbonyl (C=O) groups is 2. The topological polar surface area (TPSA) is 78.4 Å². The molecule has 0 saturated carbocycles. The van der Waals surface area contributed by atoms with E-state index in [0.29, 0.717) is 12.1 Å². The van der Waals surface area contributed by atoms with Gasteiger partial charge in [0.05, 0.1) is 5.41 Å². The van der Waals surface area contributed by atoms with E-state index in [1.807, 2.05) is 19.1 Å². The zero-order chi connectivity index (χ0) is 15.3. The van der Waals surface area contributed by atoms with E-state index in [2.05, 4.69) is 26.6 Å². The van der Waals surface area contributed by atoms with Crippen LogP contribution in [0.15, 0.2) is 22.7 Å². The number of anilines is 1. The molecule has 0 aromatic heterocycles. The number of hydrogen-bond donors (Lipinski definition) is 3. The molecule has 0 radical (unpaired) electrons. The van der Waals surface area contributed by atoms with Crippen molar-refractivity contribution in [1.82, 2.24) is 5.32 Å². The van der Waals surface area contributed by atoms with Gasteiger partial charge in [0, 0.05) is 16.7 Å². The third-order valence-electron chi connectivity index (χ3n) is 3.38. The summed E-state index contributed by atoms with van der Waals surface area (Å²) in [6.45, 7) is 5.36. The fourth-order valence-corrected chi connectivity index (χ4v) is 1.88. The van der Waals surface area contributed by atoms with Gasteiger partial charge in [-0.1, -0.05) is 28.9 Å². The first kappa shape index (κ1) is 16.5. The van der Waals surface area contributed by atoms with Crippen molar-refractivity contribution in [2.75, 3.05) is 11.9 Å². The Bertz CT molecular complexity index is 519. The van der Waals surface area contributed by atoms with Gasteiger partial charge in [-0.15, -0.1) is 0 Å². The molecular formula is C14H19BrN2O3. The molecule has 110 valence electrons. The average molecular weight is 343 g/mol. The molecule has 5 nitrogen and oxygen atoms in total. The molecule has 0 aliphatic heterocycles. The average Bonchev–Trinajstić information content (AvgIpc) is 2.40. The van der Waals surface area contributed by atoms with E-state index in [0.717, 1.165) is 10.0 Å². The van der Waals surface area contributed by atoms with E-state index in [4.69, 9.17) is 5.11 Å². The number of urea groups is 1. The standard InChI is InChI=1S/C14H19BrN2O3/c1-4-14(3,12(18)19)8-16-13(20)17-11-7-10(15)6-5-9(11)2/h5-7H,4,8H2,1-3H3,(H,18,19)(H2,16,17,20). The van der Waals surface area contributed by atoms with Crippen LogP contribution in [0.25, 0.3) is 0 Å². The van der Waals surface area contributed by atoms with Gasteiger partial charge in [-0.2, -0.15) is 0 Å². The second kappa shape index (κ2) is 6.74. The number of carbonyl (C=O) groups excluding carboxylic acids is 1. The van der Waals surface area contributed by atoms with Crippen molar-refractivity contribution >= 4 is 33.6 Å². The zero-order valence-electron chi connectivity index (χ0n) is 11.8. The summed E-state index contributed by atoms with van der Waals surface area (Å²) in [5, 5.41) is 14.5. The molecule has 3 N–H and O–H groups in total. The Labute approximate surface area is 126 Å². The van der Waals surface area contributed by atoms with Crippen LogP contribution in [0.3, 0.4) is 0 Å². The highest BCUT2D eigenvalue weighted by molar-refractivity contribution is 9.10. The summed E-state index contributed by atoms with van der Waals surface area (Å²) in [5.74, 6) is -0.918. The van der Waals surface area contributed by atoms with Crippen molar-refractivity contribution in [1.29, 1.82) is 0 Å². The van der Waals surface area contributed by atoms with Gasteiger partial charge < -0.3 is 15.7 Å². The number of benzene rings is 1. The molecule has 6 heteroatoms. The zero-order valence-corrected chi connectivity index (χ0v) is 13.4. The molecule has 0 saturated heterocycles. The third kappa shape index (κ3) is 4.23. The Hall–Kier alpha value is -1.56. The van der Waals surface area contributed by atoms with Crippen molar-refractivity contribution in [3.05, 3.63) is 28.2 Å². The number of aliphatic carboxylic acids is 1. The van der Waals surface area contributed by atoms with Crippen LogP contribution in [0.1, 0.15) is 25.8 Å². The maximum absolute atomic E-state index is 11.8. The molecule has 0 fully saturated rings. The molecule has 1 aromatic carbocycles. The van der Waals surface area contributed by atoms with Crippen LogP contribution in [0.4, 0.5) is 10.5 Å². The molecule has 0 aliphatic carbocycles. The Morgan fingerprint density at radius 3 is 2.60 bits per heavy atom. The number of carboxylic acids is 1. The number of carboxylic acid groups (broad SMARTS) is 1. The van der Waals surface area contributed by atoms with E-state index < -0.39 is 17.4 Å². The Morgan fingerprint density at radius 1 is 1.40 bits per heavy atom. The van der Waals surface area contributed by atoms with E-state index in [1.54, 1.807) is 19.9 Å². The fraction of sp³-hybridized carbons (Fsp3) is 0.429. The van der Waals surface area contributed by atoms with Crippen LogP contribution >= 0.6 is 15.9 Å². The molecule has 1 atom stereocenters. The van der Waals surface area contributed by atoms with E-state index >= 15 is 0 Å². The van der Waals surface area contributed by atoms with Crippen molar-refractivity contribution in [2.24, 2.45) is 5.41 Å². The molecule has 0 bridgehead atoms. The minimum atomic E-state index is -0.955. The highest BCUT2D eigenvalue weighted by atomic mass is 79.9. The lowest BCUT2D eigenvalue weighted by Crippen LogP contribution is -2.42. The van der Waals surface area contributed by atoms with E-state index in [1.165, 1.54) is 0 Å². The Balaban J connectivity index is 2.65. The maximum atomic E-state index is 11.8. The van der Waals surface area contributed by atoms with Gasteiger partial charge in [-0.3, -0.25) is 4.79 Å². The summed E-state index contributed by atoms with van der Waals surface area (Å²) in [6, 6.07) is 5.15. The SMILES string of the molecule is CCC(C)(CNC(=O)Nc1cc(Br)ccc1C)C(=O)O. The van der Waals surface area contributed by atoms with Crippen LogP contribution in [0, 0.1) is 12.3 Å². The molecule has 1 rings (SSSR count). The third-order valence-corrected chi connectivity index (χ3v) is 3.88. The number of rotatable bonds is 5. The van der Waals surface area contributed by atoms with Gasteiger partial charge in [-0.25, -0.2) is 4.79 Å². The normalized spacial score (nSPS) is 13.4. The minimum absolute atomic E-state index is 0.0811. The van der Waals surface area contributed by atoms with Crippen LogP contribution in [-0.4, -0.2) is 23.7 Å². The van der Waals surface area contributed by atoms with Crippen molar-refractivity contribution in [3.8, 4) is 0 Å². The summed E-state index contributed by atoms with van der Waals surface area (Å²) in [5.41, 5.74) is 0.661. The largest absolute Gasteiger partial charge is 0.481 e. The van der Waals surface area contributed by atoms with Crippen LogP contribution in [0.2, 0.25) is 0 Å². The quantitative estimate of drug-likeness (QED) is 0.767. The summed E-state index contributed by atoms with van der Waals surface area (Å²) in [6.07, 6.45) is 0.443. The molecular weight excluding hydrogens is 324 g/mol. The lowest BCUT2D eigenvalue weighted by Gasteiger charge is -2.23. The summed E-state index contributed by atoms with van der Waals surface area (Å²) >= 11 is 3.34. The monoisotopic (exact) mass is 342 g/mol. The Morgan fingerprint density at radius 2 is 2.05 bits per heavy atom. The van der Waals surface area contributed by atoms with Gasteiger partial charge in [0.15, 0.2) is 0 Å². The molecule has 20 heavy (non-hydrogen) atoms. The molecule has 0 spiro atoms. The van der Waals surface area contributed by atoms with E-state index in [9.17, 15) is 9.59 Å². The minimum Gasteiger partial charge on any atom is -0.481 e. The Kier molecular flexibility index (Phi) is 5.56. The highest BCUT2D eigenvalue weighted by Crippen LogP contribution is 2.22. The maximum Gasteiger partial charge on any atom is 0.319 e. The summed E-state index contributed by atoms with van der Waals surface area (Å²) < 4.78 is 0.863. The lowest BCUT2D eigenvalue weighted by atomic mass is 9.88. The van der Waals surface area contributed by atoms with Crippen LogP contribution < -0.4 is 10.6 Å². The predicted octanol–water partition coefficient (Wildman–Crippen LogP) is 3.38. The summed E-state index contributed by atoms with van der Waals surface area (Å²) in [7, 11) is 0. The second-order valence-electron chi connectivity index (χ2n) is 4.99. The van der Waals surface area contributed by atoms with Gasteiger partial charge in [0.1, 0.15) is 0 Å². The number of halogens is 1. The number of amides is 2. The van der Waals surface area contributed by atoms with Crippen molar-refractivity contribution in [2.45, 2.75) is 27.2 Å². The van der Waals surface area contributed by atoms with Crippen molar-refractivity contribution < 1.29 is 14.7 Å². The van der Waals surface area contributed by atoms with Crippen LogP contribution in [-0.2, 0) is 4.79 Å². The van der Waals surface area contributed by atoms with Crippen molar-refractivity contribution in [3.63, 3.8) is 0 Å². The highest BCUT2D eigenvalue weighted by Gasteiger charge is 2.31. The number of aryl methyl sites for hydroxylation is 1. The molecule has 1 aromatic rings. The first-order valence-electron chi connectivity index (χ1n) is 6.33. The van der Waals surface area contributed by atoms with Gasteiger partial charge in [0.2, 0.25) is 0 Å². The van der Waals surface area contributed by atoms with Gasteiger partial charge >= 0.3 is 12.0 Å². The van der Waals surface area contributed by atoms with E-state index in [-0.39, 0.29) is 6.54 Å². The van der Waals surface area contributed by atoms with Crippen LogP contribution in [0.5, 0.6) is 0 Å². The van der Waals surface area contributed by atoms with Gasteiger partial charge in [0.25, 0.3) is 0 Å². The molecule has 0 aliphatic rings. The molecule has 0 heterocycles. The lowest BCUT2D eigenvalue weighted by molar-refractivity contribution is -0.147. The number of nitrogens with one attached hydrogen (secondary N) is 2. The first-order chi connectivity index (χ1) is 9.28. The predicted molar refractivity (Wildman–Crippen MR) is 81.9 cm³/mol. The smallest absolute Gasteiger partial charge is 0.319 e. The first-order valence-corrected chi connectivity index (χ1v) is 7.12. The second-order valence-corrected chi connectivity index (χ2v) is 5.90. The van der Waals surface area contributed by atoms with Gasteiger partial charge in [-0.05, 0) is 38.0 Å². The number of hydrogen-bond acceptors (Lipinski definition) is 2.